The van der Waals surface area contributed by atoms with Crippen molar-refractivity contribution in [2.45, 2.75) is 39.7 Å². The molecule has 0 saturated heterocycles. The van der Waals surface area contributed by atoms with Crippen molar-refractivity contribution in [3.63, 3.8) is 0 Å². The monoisotopic (exact) mass is 283 g/mol. The first kappa shape index (κ1) is 15.4. The Morgan fingerprint density at radius 3 is 2.38 bits per heavy atom. The third-order valence-corrected chi connectivity index (χ3v) is 3.81. The van der Waals surface area contributed by atoms with E-state index < -0.39 is 0 Å². The molecule has 0 aliphatic carbocycles. The molecule has 0 amide bonds. The fourth-order valence-electron chi connectivity index (χ4n) is 2.49. The van der Waals surface area contributed by atoms with Gasteiger partial charge in [-0.25, -0.2) is 0 Å². The van der Waals surface area contributed by atoms with Crippen molar-refractivity contribution in [3.8, 4) is 5.75 Å². The third kappa shape index (κ3) is 4.52. The summed E-state index contributed by atoms with van der Waals surface area (Å²) < 4.78 is 5.18. The highest BCUT2D eigenvalue weighted by atomic mass is 16.5. The number of rotatable bonds is 6. The lowest BCUT2D eigenvalue weighted by Crippen LogP contribution is -2.16. The molecule has 0 radical (unpaired) electrons. The Morgan fingerprint density at radius 1 is 1.05 bits per heavy atom. The molecule has 2 heteroatoms. The number of aryl methyl sites for hydroxylation is 3. The quantitative estimate of drug-likeness (QED) is 0.826. The van der Waals surface area contributed by atoms with Crippen molar-refractivity contribution in [1.82, 2.24) is 0 Å². The Balaban J connectivity index is 1.87. The zero-order valence-corrected chi connectivity index (χ0v) is 13.4. The summed E-state index contributed by atoms with van der Waals surface area (Å²) in [5.74, 6) is 0.917. The summed E-state index contributed by atoms with van der Waals surface area (Å²) in [7, 11) is 1.70. The first-order valence-electron chi connectivity index (χ1n) is 7.55. The Kier molecular flexibility index (Phi) is 5.26. The molecule has 0 heterocycles. The fraction of sp³-hybridized carbons (Fsp3) is 0.368. The van der Waals surface area contributed by atoms with Crippen LogP contribution in [0.15, 0.2) is 42.5 Å². The highest BCUT2D eigenvalue weighted by molar-refractivity contribution is 5.52. The summed E-state index contributed by atoms with van der Waals surface area (Å²) in [5.41, 5.74) is 5.21. The van der Waals surface area contributed by atoms with Gasteiger partial charge in [0.05, 0.1) is 7.11 Å². The van der Waals surface area contributed by atoms with Crippen LogP contribution in [-0.4, -0.2) is 13.2 Å². The highest BCUT2D eigenvalue weighted by Gasteiger charge is 2.05. The molecule has 0 aliphatic heterocycles. The average molecular weight is 283 g/mol. The summed E-state index contributed by atoms with van der Waals surface area (Å²) in [5, 5.41) is 3.61. The molecule has 0 spiro atoms. The van der Waals surface area contributed by atoms with Gasteiger partial charge in [-0.2, -0.15) is 0 Å². The van der Waals surface area contributed by atoms with E-state index in [1.165, 1.54) is 22.4 Å². The molecule has 1 unspecified atom stereocenters. The summed E-state index contributed by atoms with van der Waals surface area (Å²) in [4.78, 5) is 0. The molecule has 0 fully saturated rings. The Bertz CT molecular complexity index is 575. The van der Waals surface area contributed by atoms with E-state index in [0.29, 0.717) is 6.04 Å². The molecule has 2 aromatic carbocycles. The number of hydrogen-bond donors (Lipinski definition) is 1. The SMILES string of the molecule is COc1ccc(CCC(C)Nc2ccc(C)cc2C)cc1. The molecular formula is C19H25NO. The lowest BCUT2D eigenvalue weighted by atomic mass is 10.0. The Morgan fingerprint density at radius 2 is 1.76 bits per heavy atom. The minimum Gasteiger partial charge on any atom is -0.497 e. The Hall–Kier alpha value is -1.96. The minimum absolute atomic E-state index is 0.452. The van der Waals surface area contributed by atoms with Crippen LogP contribution in [0.2, 0.25) is 0 Å². The molecule has 0 aliphatic rings. The maximum absolute atomic E-state index is 5.18. The Labute approximate surface area is 128 Å². The standard InChI is InChI=1S/C19H25NO/c1-14-5-12-19(15(2)13-14)20-16(3)6-7-17-8-10-18(21-4)11-9-17/h5,8-13,16,20H,6-7H2,1-4H3. The number of methoxy groups -OCH3 is 1. The van der Waals surface area contributed by atoms with E-state index in [2.05, 4.69) is 56.4 Å². The van der Waals surface area contributed by atoms with Gasteiger partial charge in [0.15, 0.2) is 0 Å². The summed E-state index contributed by atoms with van der Waals surface area (Å²) in [6.45, 7) is 6.53. The maximum Gasteiger partial charge on any atom is 0.118 e. The zero-order valence-electron chi connectivity index (χ0n) is 13.4. The van der Waals surface area contributed by atoms with Crippen molar-refractivity contribution in [2.24, 2.45) is 0 Å². The predicted molar refractivity (Wildman–Crippen MR) is 90.3 cm³/mol. The zero-order chi connectivity index (χ0) is 15.2. The molecule has 112 valence electrons. The largest absolute Gasteiger partial charge is 0.497 e. The number of ether oxygens (including phenoxy) is 1. The summed E-state index contributed by atoms with van der Waals surface area (Å²) >= 11 is 0. The van der Waals surface area contributed by atoms with Gasteiger partial charge in [-0.1, -0.05) is 29.8 Å². The second-order valence-electron chi connectivity index (χ2n) is 5.75. The molecule has 2 nitrogen and oxygen atoms in total. The normalized spacial score (nSPS) is 12.0. The van der Waals surface area contributed by atoms with Crippen molar-refractivity contribution < 1.29 is 4.74 Å². The first-order chi connectivity index (χ1) is 10.1. The number of anilines is 1. The predicted octanol–water partition coefficient (Wildman–Crippen LogP) is 4.75. The van der Waals surface area contributed by atoms with Crippen LogP contribution in [0, 0.1) is 13.8 Å². The van der Waals surface area contributed by atoms with Crippen molar-refractivity contribution in [2.75, 3.05) is 12.4 Å². The van der Waals surface area contributed by atoms with Gasteiger partial charge in [-0.15, -0.1) is 0 Å². The number of benzene rings is 2. The van der Waals surface area contributed by atoms with Crippen LogP contribution in [0.5, 0.6) is 5.75 Å². The smallest absolute Gasteiger partial charge is 0.118 e. The van der Waals surface area contributed by atoms with Gasteiger partial charge in [0, 0.05) is 11.7 Å². The van der Waals surface area contributed by atoms with E-state index in [1.807, 2.05) is 12.1 Å². The highest BCUT2D eigenvalue weighted by Crippen LogP contribution is 2.19. The first-order valence-corrected chi connectivity index (χ1v) is 7.55. The van der Waals surface area contributed by atoms with Gasteiger partial charge in [0.2, 0.25) is 0 Å². The number of nitrogens with one attached hydrogen (secondary N) is 1. The molecule has 1 N–H and O–H groups in total. The van der Waals surface area contributed by atoms with Gasteiger partial charge in [-0.3, -0.25) is 0 Å². The molecule has 0 aromatic heterocycles. The fourth-order valence-corrected chi connectivity index (χ4v) is 2.49. The van der Waals surface area contributed by atoms with Crippen molar-refractivity contribution in [3.05, 3.63) is 59.2 Å². The average Bonchev–Trinajstić information content (AvgIpc) is 2.48. The van der Waals surface area contributed by atoms with Crippen LogP contribution in [-0.2, 0) is 6.42 Å². The van der Waals surface area contributed by atoms with E-state index in [0.717, 1.165) is 18.6 Å². The van der Waals surface area contributed by atoms with E-state index in [9.17, 15) is 0 Å². The maximum atomic E-state index is 5.18. The molecule has 1 atom stereocenters. The van der Waals surface area contributed by atoms with Gasteiger partial charge in [0.1, 0.15) is 5.75 Å². The van der Waals surface area contributed by atoms with Crippen LogP contribution in [0.25, 0.3) is 0 Å². The second-order valence-corrected chi connectivity index (χ2v) is 5.75. The van der Waals surface area contributed by atoms with Gasteiger partial charge >= 0.3 is 0 Å². The molecule has 21 heavy (non-hydrogen) atoms. The van der Waals surface area contributed by atoms with Crippen LogP contribution < -0.4 is 10.1 Å². The molecule has 0 bridgehead atoms. The van der Waals surface area contributed by atoms with E-state index in [-0.39, 0.29) is 0 Å². The van der Waals surface area contributed by atoms with Gasteiger partial charge in [-0.05, 0) is 62.9 Å². The molecule has 0 saturated carbocycles. The molecule has 2 rings (SSSR count). The lowest BCUT2D eigenvalue weighted by molar-refractivity contribution is 0.414. The minimum atomic E-state index is 0.452. The summed E-state index contributed by atoms with van der Waals surface area (Å²) in [6, 6.07) is 15.3. The van der Waals surface area contributed by atoms with E-state index in [1.54, 1.807) is 7.11 Å². The van der Waals surface area contributed by atoms with Gasteiger partial charge in [0.25, 0.3) is 0 Å². The van der Waals surface area contributed by atoms with Crippen LogP contribution >= 0.6 is 0 Å². The lowest BCUT2D eigenvalue weighted by Gasteiger charge is -2.17. The van der Waals surface area contributed by atoms with Crippen molar-refractivity contribution in [1.29, 1.82) is 0 Å². The molecular weight excluding hydrogens is 258 g/mol. The van der Waals surface area contributed by atoms with Crippen LogP contribution in [0.4, 0.5) is 5.69 Å². The topological polar surface area (TPSA) is 21.3 Å². The third-order valence-electron chi connectivity index (χ3n) is 3.81. The van der Waals surface area contributed by atoms with Gasteiger partial charge < -0.3 is 10.1 Å². The molecule has 2 aromatic rings. The number of hydrogen-bond acceptors (Lipinski definition) is 2. The second kappa shape index (κ2) is 7.16. The summed E-state index contributed by atoms with van der Waals surface area (Å²) in [6.07, 6.45) is 2.18. The van der Waals surface area contributed by atoms with E-state index >= 15 is 0 Å². The van der Waals surface area contributed by atoms with Crippen molar-refractivity contribution >= 4 is 5.69 Å². The van der Waals surface area contributed by atoms with Crippen LogP contribution in [0.1, 0.15) is 30.0 Å². The van der Waals surface area contributed by atoms with E-state index in [4.69, 9.17) is 4.74 Å². The van der Waals surface area contributed by atoms with Crippen LogP contribution in [0.3, 0.4) is 0 Å².